The summed E-state index contributed by atoms with van der Waals surface area (Å²) in [5, 5.41) is 0. The van der Waals surface area contributed by atoms with E-state index in [2.05, 4.69) is 27.6 Å². The molecule has 1 aliphatic heterocycles. The average molecular weight is 401 g/mol. The van der Waals surface area contributed by atoms with Crippen molar-refractivity contribution in [3.8, 4) is 0 Å². The normalized spacial score (nSPS) is 22.2. The van der Waals surface area contributed by atoms with Crippen molar-refractivity contribution < 1.29 is 13.2 Å². The number of nitrogens with one attached hydrogen (secondary N) is 1. The molecule has 2 aliphatic rings. The maximum absolute atomic E-state index is 12.8. The Morgan fingerprint density at radius 2 is 2.04 bits per heavy atom. The molecule has 126 valence electrons. The van der Waals surface area contributed by atoms with Gasteiger partial charge in [-0.05, 0) is 65.7 Å². The number of amides is 1. The third-order valence-corrected chi connectivity index (χ3v) is 6.53. The summed E-state index contributed by atoms with van der Waals surface area (Å²) >= 11 is 3.38. The minimum Gasteiger partial charge on any atom is -0.338 e. The first-order valence-corrected chi connectivity index (χ1v) is 10.3. The van der Waals surface area contributed by atoms with E-state index < -0.39 is 10.0 Å². The predicted octanol–water partition coefficient (Wildman–Crippen LogP) is 2.76. The van der Waals surface area contributed by atoms with Crippen LogP contribution in [-0.4, -0.2) is 38.4 Å². The number of hydrogen-bond donors (Lipinski definition) is 1. The summed E-state index contributed by atoms with van der Waals surface area (Å²) < 4.78 is 28.0. The summed E-state index contributed by atoms with van der Waals surface area (Å²) in [7, 11) is -3.55. The molecule has 2 fully saturated rings. The monoisotopic (exact) mass is 400 g/mol. The van der Waals surface area contributed by atoms with Crippen molar-refractivity contribution in [3.05, 3.63) is 28.2 Å². The van der Waals surface area contributed by atoms with Crippen molar-refractivity contribution in [2.24, 2.45) is 5.92 Å². The predicted molar refractivity (Wildman–Crippen MR) is 91.8 cm³/mol. The molecule has 1 aromatic carbocycles. The van der Waals surface area contributed by atoms with Gasteiger partial charge in [-0.3, -0.25) is 4.79 Å². The van der Waals surface area contributed by atoms with Crippen LogP contribution in [0.15, 0.2) is 27.6 Å². The van der Waals surface area contributed by atoms with Crippen LogP contribution in [0.25, 0.3) is 0 Å². The topological polar surface area (TPSA) is 66.5 Å². The van der Waals surface area contributed by atoms with Gasteiger partial charge in [-0.15, -0.1) is 0 Å². The molecule has 23 heavy (non-hydrogen) atoms. The van der Waals surface area contributed by atoms with Gasteiger partial charge >= 0.3 is 0 Å². The third-order valence-electron chi connectivity index (χ3n) is 4.32. The largest absolute Gasteiger partial charge is 0.338 e. The van der Waals surface area contributed by atoms with E-state index in [0.29, 0.717) is 16.0 Å². The van der Waals surface area contributed by atoms with E-state index in [9.17, 15) is 13.2 Å². The van der Waals surface area contributed by atoms with Crippen LogP contribution in [0.2, 0.25) is 0 Å². The molecule has 1 saturated carbocycles. The molecule has 1 aromatic rings. The van der Waals surface area contributed by atoms with Gasteiger partial charge in [0, 0.05) is 23.6 Å². The van der Waals surface area contributed by atoms with E-state index >= 15 is 0 Å². The van der Waals surface area contributed by atoms with E-state index in [1.165, 1.54) is 12.1 Å². The van der Waals surface area contributed by atoms with E-state index in [1.807, 2.05) is 4.90 Å². The summed E-state index contributed by atoms with van der Waals surface area (Å²) in [6, 6.07) is 4.70. The second-order valence-electron chi connectivity index (χ2n) is 6.54. The summed E-state index contributed by atoms with van der Waals surface area (Å²) in [6.45, 7) is 3.59. The van der Waals surface area contributed by atoms with Crippen LogP contribution in [0.4, 0.5) is 0 Å². The molecule has 1 N–H and O–H groups in total. The Labute approximate surface area is 145 Å². The Morgan fingerprint density at radius 3 is 2.70 bits per heavy atom. The van der Waals surface area contributed by atoms with Gasteiger partial charge in [0.15, 0.2) is 0 Å². The summed E-state index contributed by atoms with van der Waals surface area (Å²) in [5.41, 5.74) is 0.415. The highest BCUT2D eigenvalue weighted by Crippen LogP contribution is 2.27. The Hall–Kier alpha value is -0.920. The number of carbonyl (C=O) groups excluding carboxylic acids is 1. The number of halogens is 1. The number of benzene rings is 1. The quantitative estimate of drug-likeness (QED) is 0.844. The van der Waals surface area contributed by atoms with Crippen molar-refractivity contribution in [1.29, 1.82) is 0 Å². The van der Waals surface area contributed by atoms with Crippen LogP contribution in [0, 0.1) is 5.92 Å². The summed E-state index contributed by atoms with van der Waals surface area (Å²) in [5.74, 6) is 0.377. The van der Waals surface area contributed by atoms with Gasteiger partial charge in [-0.25, -0.2) is 13.1 Å². The summed E-state index contributed by atoms with van der Waals surface area (Å²) in [4.78, 5) is 14.7. The van der Waals surface area contributed by atoms with Crippen molar-refractivity contribution in [1.82, 2.24) is 9.62 Å². The van der Waals surface area contributed by atoms with Gasteiger partial charge in [-0.1, -0.05) is 6.92 Å². The van der Waals surface area contributed by atoms with Crippen LogP contribution >= 0.6 is 15.9 Å². The molecule has 5 nitrogen and oxygen atoms in total. The zero-order valence-corrected chi connectivity index (χ0v) is 15.5. The lowest BCUT2D eigenvalue weighted by molar-refractivity contribution is 0.0682. The minimum atomic E-state index is -3.55. The van der Waals surface area contributed by atoms with E-state index in [-0.39, 0.29) is 16.8 Å². The molecule has 0 bridgehead atoms. The van der Waals surface area contributed by atoms with Gasteiger partial charge in [0.2, 0.25) is 10.0 Å². The lowest BCUT2D eigenvalue weighted by atomic mass is 9.99. The minimum absolute atomic E-state index is 0.0470. The molecule has 1 saturated heterocycles. The highest BCUT2D eigenvalue weighted by molar-refractivity contribution is 9.10. The average Bonchev–Trinajstić information content (AvgIpc) is 3.30. The molecule has 7 heteroatoms. The molecule has 1 atom stereocenters. The van der Waals surface area contributed by atoms with Crippen LogP contribution < -0.4 is 4.72 Å². The maximum atomic E-state index is 12.8. The second kappa shape index (κ2) is 6.53. The molecule has 0 spiro atoms. The molecule has 0 radical (unpaired) electrons. The number of rotatable bonds is 4. The van der Waals surface area contributed by atoms with Gasteiger partial charge in [0.05, 0.1) is 10.5 Å². The van der Waals surface area contributed by atoms with Crippen LogP contribution in [-0.2, 0) is 10.0 Å². The number of nitrogens with zero attached hydrogens (tertiary/aromatic N) is 1. The van der Waals surface area contributed by atoms with Crippen molar-refractivity contribution in [2.45, 2.75) is 43.5 Å². The van der Waals surface area contributed by atoms with Gasteiger partial charge < -0.3 is 4.90 Å². The first-order valence-electron chi connectivity index (χ1n) is 7.98. The molecular weight excluding hydrogens is 380 g/mol. The third kappa shape index (κ3) is 3.95. The van der Waals surface area contributed by atoms with Crippen molar-refractivity contribution in [2.75, 3.05) is 13.1 Å². The van der Waals surface area contributed by atoms with Gasteiger partial charge in [0.25, 0.3) is 5.91 Å². The molecule has 1 amide bonds. The van der Waals surface area contributed by atoms with E-state index in [0.717, 1.165) is 38.8 Å². The van der Waals surface area contributed by atoms with Crippen LogP contribution in [0.5, 0.6) is 0 Å². The zero-order valence-electron chi connectivity index (χ0n) is 13.1. The Kier molecular flexibility index (Phi) is 4.80. The molecule has 1 heterocycles. The first kappa shape index (κ1) is 16.9. The maximum Gasteiger partial charge on any atom is 0.255 e. The highest BCUT2D eigenvalue weighted by Gasteiger charge is 2.29. The molecule has 0 aromatic heterocycles. The first-order chi connectivity index (χ1) is 10.9. The van der Waals surface area contributed by atoms with Crippen LogP contribution in [0.3, 0.4) is 0 Å². The fraction of sp³-hybridized carbons (Fsp3) is 0.562. The standard InChI is InChI=1S/C16H21BrN2O3S/c1-11-3-2-8-19(10-11)16(20)14-9-13(6-7-15(14)17)23(21,22)18-12-4-5-12/h6-7,9,11-12,18H,2-5,8,10H2,1H3. The molecule has 3 rings (SSSR count). The Morgan fingerprint density at radius 1 is 1.30 bits per heavy atom. The highest BCUT2D eigenvalue weighted by atomic mass is 79.9. The second-order valence-corrected chi connectivity index (χ2v) is 9.10. The van der Waals surface area contributed by atoms with E-state index in [1.54, 1.807) is 6.07 Å². The SMILES string of the molecule is CC1CCCN(C(=O)c2cc(S(=O)(=O)NC3CC3)ccc2Br)C1. The number of carbonyl (C=O) groups is 1. The Balaban J connectivity index is 1.86. The fourth-order valence-electron chi connectivity index (χ4n) is 2.87. The van der Waals surface area contributed by atoms with Crippen molar-refractivity contribution >= 4 is 31.9 Å². The number of hydrogen-bond acceptors (Lipinski definition) is 3. The molecule has 1 unspecified atom stereocenters. The van der Waals surface area contributed by atoms with Crippen molar-refractivity contribution in [3.63, 3.8) is 0 Å². The number of likely N-dealkylation sites (tertiary alicyclic amines) is 1. The lowest BCUT2D eigenvalue weighted by Crippen LogP contribution is -2.39. The van der Waals surface area contributed by atoms with Gasteiger partial charge in [0.1, 0.15) is 0 Å². The lowest BCUT2D eigenvalue weighted by Gasteiger charge is -2.31. The molecule has 1 aliphatic carbocycles. The molecular formula is C16H21BrN2O3S. The number of sulfonamides is 1. The summed E-state index contributed by atoms with van der Waals surface area (Å²) in [6.07, 6.45) is 3.89. The van der Waals surface area contributed by atoms with Gasteiger partial charge in [-0.2, -0.15) is 0 Å². The van der Waals surface area contributed by atoms with Crippen LogP contribution in [0.1, 0.15) is 43.0 Å². The smallest absolute Gasteiger partial charge is 0.255 e. The number of piperidine rings is 1. The fourth-order valence-corrected chi connectivity index (χ4v) is 4.62. The zero-order chi connectivity index (χ0) is 16.6. The Bertz CT molecular complexity index is 716. The van der Waals surface area contributed by atoms with E-state index in [4.69, 9.17) is 0 Å².